The van der Waals surface area contributed by atoms with E-state index in [1.54, 1.807) is 11.8 Å². The number of sulfone groups is 1. The van der Waals surface area contributed by atoms with Crippen LogP contribution in [0.1, 0.15) is 18.1 Å². The Morgan fingerprint density at radius 2 is 1.90 bits per heavy atom. The number of thioether (sulfide) groups is 1. The molecule has 0 unspecified atom stereocenters. The van der Waals surface area contributed by atoms with E-state index in [1.807, 2.05) is 49.4 Å². The van der Waals surface area contributed by atoms with Gasteiger partial charge in [-0.25, -0.2) is 8.42 Å². The van der Waals surface area contributed by atoms with Crippen LogP contribution in [0.15, 0.2) is 60.1 Å². The number of hydrogen-bond donors (Lipinski definition) is 0. The van der Waals surface area contributed by atoms with Crippen LogP contribution >= 0.6 is 11.8 Å². The van der Waals surface area contributed by atoms with Crippen LogP contribution < -0.4 is 9.64 Å². The van der Waals surface area contributed by atoms with Crippen molar-refractivity contribution in [1.82, 2.24) is 0 Å². The van der Waals surface area contributed by atoms with Gasteiger partial charge in [0.1, 0.15) is 5.75 Å². The van der Waals surface area contributed by atoms with Gasteiger partial charge in [0.2, 0.25) is 0 Å². The van der Waals surface area contributed by atoms with Crippen LogP contribution in [0.3, 0.4) is 0 Å². The predicted molar refractivity (Wildman–Crippen MR) is 122 cm³/mol. The highest BCUT2D eigenvalue weighted by Crippen LogP contribution is 2.37. The second-order valence-corrected chi connectivity index (χ2v) is 10.5. The van der Waals surface area contributed by atoms with Crippen molar-refractivity contribution in [2.45, 2.75) is 24.8 Å². The molecular weight excluding hydrogens is 404 g/mol. The van der Waals surface area contributed by atoms with Crippen molar-refractivity contribution in [2.24, 2.45) is 4.99 Å². The number of fused-ring (bicyclic) bond motifs is 1. The maximum absolute atomic E-state index is 11.9. The zero-order valence-corrected chi connectivity index (χ0v) is 18.0. The Bertz CT molecular complexity index is 1020. The van der Waals surface area contributed by atoms with Crippen molar-refractivity contribution in [3.05, 3.63) is 66.2 Å². The Kier molecular flexibility index (Phi) is 5.69. The Labute approximate surface area is 176 Å². The van der Waals surface area contributed by atoms with E-state index in [1.165, 1.54) is 0 Å². The molecule has 0 N–H and O–H groups in total. The summed E-state index contributed by atoms with van der Waals surface area (Å²) in [6.07, 6.45) is 1.83. The van der Waals surface area contributed by atoms with Crippen LogP contribution in [0.2, 0.25) is 0 Å². The van der Waals surface area contributed by atoms with Gasteiger partial charge in [0, 0.05) is 10.9 Å². The molecule has 2 atom stereocenters. The minimum atomic E-state index is -2.97. The summed E-state index contributed by atoms with van der Waals surface area (Å²) in [4.78, 5) is 6.95. The monoisotopic (exact) mass is 428 g/mol. The van der Waals surface area contributed by atoms with Crippen LogP contribution in [0.5, 0.6) is 5.75 Å². The standard InChI is InChI=1S/C22H24N2O3S2/c1-3-16-5-7-17(8-6-16)13-24(18-9-11-19(12-10-18)27-4-2)22-23-20-14-29(25,26)15-21(20)28-22/h3,5-12,20-21H,1,4,13-15H2,2H3/t20-,21+/m0/s1. The summed E-state index contributed by atoms with van der Waals surface area (Å²) < 4.78 is 29.4. The van der Waals surface area contributed by atoms with Crippen LogP contribution in [-0.2, 0) is 16.4 Å². The normalized spacial score (nSPS) is 22.0. The number of rotatable bonds is 6. The minimum Gasteiger partial charge on any atom is -0.494 e. The van der Waals surface area contributed by atoms with Gasteiger partial charge >= 0.3 is 0 Å². The Balaban J connectivity index is 1.62. The lowest BCUT2D eigenvalue weighted by Gasteiger charge is -2.25. The van der Waals surface area contributed by atoms with E-state index in [2.05, 4.69) is 23.6 Å². The first-order valence-corrected chi connectivity index (χ1v) is 12.3. The Hall–Kier alpha value is -2.25. The van der Waals surface area contributed by atoms with Gasteiger partial charge in [-0.05, 0) is 42.3 Å². The molecule has 0 saturated carbocycles. The number of hydrogen-bond acceptors (Lipinski definition) is 6. The maximum atomic E-state index is 11.9. The largest absolute Gasteiger partial charge is 0.494 e. The number of nitrogens with zero attached hydrogens (tertiary/aromatic N) is 2. The van der Waals surface area contributed by atoms with Crippen molar-refractivity contribution in [2.75, 3.05) is 23.0 Å². The van der Waals surface area contributed by atoms with Crippen LogP contribution in [-0.4, -0.2) is 43.0 Å². The molecule has 2 aliphatic rings. The van der Waals surface area contributed by atoms with E-state index in [0.29, 0.717) is 13.2 Å². The SMILES string of the molecule is C=Cc1ccc(CN(C2=N[C@H]3CS(=O)(=O)C[C@H]3S2)c2ccc(OCC)cc2)cc1. The number of benzene rings is 2. The lowest BCUT2D eigenvalue weighted by molar-refractivity contribution is 0.340. The smallest absolute Gasteiger partial charge is 0.164 e. The fourth-order valence-corrected chi connectivity index (χ4v) is 7.35. The Morgan fingerprint density at radius 1 is 1.17 bits per heavy atom. The highest BCUT2D eigenvalue weighted by Gasteiger charge is 2.44. The molecule has 2 aromatic rings. The molecule has 7 heteroatoms. The number of aliphatic imine (C=N–C) groups is 1. The molecule has 0 aliphatic carbocycles. The quantitative estimate of drug-likeness (QED) is 0.696. The Morgan fingerprint density at radius 3 is 2.52 bits per heavy atom. The molecule has 29 heavy (non-hydrogen) atoms. The lowest BCUT2D eigenvalue weighted by atomic mass is 10.1. The van der Waals surface area contributed by atoms with Gasteiger partial charge in [-0.15, -0.1) is 0 Å². The molecule has 2 aliphatic heterocycles. The average molecular weight is 429 g/mol. The molecule has 1 fully saturated rings. The first kappa shape index (κ1) is 20.0. The van der Waals surface area contributed by atoms with Crippen molar-refractivity contribution >= 4 is 38.5 Å². The molecule has 2 aromatic carbocycles. The zero-order chi connectivity index (χ0) is 20.4. The molecule has 5 nitrogen and oxygen atoms in total. The number of ether oxygens (including phenoxy) is 1. The summed E-state index contributed by atoms with van der Waals surface area (Å²) in [6, 6.07) is 16.1. The van der Waals surface area contributed by atoms with Gasteiger partial charge < -0.3 is 9.64 Å². The summed E-state index contributed by atoms with van der Waals surface area (Å²) in [7, 11) is -2.97. The van der Waals surface area contributed by atoms with Gasteiger partial charge in [-0.1, -0.05) is 48.7 Å². The van der Waals surface area contributed by atoms with Gasteiger partial charge in [0.05, 0.1) is 30.7 Å². The first-order valence-electron chi connectivity index (χ1n) is 9.64. The van der Waals surface area contributed by atoms with E-state index in [0.717, 1.165) is 27.7 Å². The maximum Gasteiger partial charge on any atom is 0.164 e. The summed E-state index contributed by atoms with van der Waals surface area (Å²) in [5.74, 6) is 1.19. The molecule has 0 amide bonds. The average Bonchev–Trinajstić information content (AvgIpc) is 3.21. The van der Waals surface area contributed by atoms with Crippen LogP contribution in [0, 0.1) is 0 Å². The topological polar surface area (TPSA) is 59.0 Å². The lowest BCUT2D eigenvalue weighted by Crippen LogP contribution is -2.28. The van der Waals surface area contributed by atoms with Gasteiger partial charge in [0.15, 0.2) is 15.0 Å². The minimum absolute atomic E-state index is 0.0170. The summed E-state index contributed by atoms with van der Waals surface area (Å²) in [5, 5.41) is 0.898. The predicted octanol–water partition coefficient (Wildman–Crippen LogP) is 4.00. The fourth-order valence-electron chi connectivity index (χ4n) is 3.57. The third-order valence-electron chi connectivity index (χ3n) is 5.05. The first-order chi connectivity index (χ1) is 14.0. The summed E-state index contributed by atoms with van der Waals surface area (Å²) in [5.41, 5.74) is 3.24. The van der Waals surface area contributed by atoms with E-state index in [4.69, 9.17) is 9.73 Å². The van der Waals surface area contributed by atoms with Crippen molar-refractivity contribution in [1.29, 1.82) is 0 Å². The zero-order valence-electron chi connectivity index (χ0n) is 16.3. The molecule has 0 radical (unpaired) electrons. The second kappa shape index (κ2) is 8.24. The third kappa shape index (κ3) is 4.51. The third-order valence-corrected chi connectivity index (χ3v) is 8.30. The van der Waals surface area contributed by atoms with Crippen molar-refractivity contribution in [3.8, 4) is 5.75 Å². The van der Waals surface area contributed by atoms with Crippen molar-refractivity contribution in [3.63, 3.8) is 0 Å². The summed E-state index contributed by atoms with van der Waals surface area (Å²) in [6.45, 7) is 7.05. The summed E-state index contributed by atoms with van der Waals surface area (Å²) >= 11 is 1.58. The second-order valence-electron chi connectivity index (χ2n) is 7.17. The number of anilines is 1. The van der Waals surface area contributed by atoms with Crippen LogP contribution in [0.4, 0.5) is 5.69 Å². The van der Waals surface area contributed by atoms with Gasteiger partial charge in [0.25, 0.3) is 0 Å². The molecule has 0 aromatic heterocycles. The van der Waals surface area contributed by atoms with Gasteiger partial charge in [-0.3, -0.25) is 4.99 Å². The van der Waals surface area contributed by atoms with E-state index >= 15 is 0 Å². The fraction of sp³-hybridized carbons (Fsp3) is 0.318. The van der Waals surface area contributed by atoms with Crippen molar-refractivity contribution < 1.29 is 13.2 Å². The highest BCUT2D eigenvalue weighted by atomic mass is 32.2. The molecule has 152 valence electrons. The molecule has 0 bridgehead atoms. The molecular formula is C22H24N2O3S2. The molecule has 4 rings (SSSR count). The van der Waals surface area contributed by atoms with E-state index < -0.39 is 9.84 Å². The van der Waals surface area contributed by atoms with E-state index in [9.17, 15) is 8.42 Å². The van der Waals surface area contributed by atoms with Gasteiger partial charge in [-0.2, -0.15) is 0 Å². The molecule has 0 spiro atoms. The highest BCUT2D eigenvalue weighted by molar-refractivity contribution is 8.15. The molecule has 2 heterocycles. The molecule has 1 saturated heterocycles. The number of amidine groups is 1. The van der Waals surface area contributed by atoms with Crippen LogP contribution in [0.25, 0.3) is 6.08 Å². The van der Waals surface area contributed by atoms with E-state index in [-0.39, 0.29) is 22.8 Å².